The Labute approximate surface area is 214 Å². The second kappa shape index (κ2) is 16.7. The molecule has 8 nitrogen and oxygen atoms in total. The number of unbranched alkanes of at least 4 members (excludes halogenated alkanes) is 11. The Morgan fingerprint density at radius 2 is 1.19 bits per heavy atom. The summed E-state index contributed by atoms with van der Waals surface area (Å²) in [5.74, 6) is -2.89. The zero-order chi connectivity index (χ0) is 27.0. The number of nitrogens with one attached hydrogen (secondary N) is 1. The highest BCUT2D eigenvalue weighted by Crippen LogP contribution is 2.19. The molecule has 0 radical (unpaired) electrons. The van der Waals surface area contributed by atoms with Gasteiger partial charge in [0.2, 0.25) is 5.91 Å². The molecule has 0 aliphatic heterocycles. The molecule has 0 bridgehead atoms. The van der Waals surface area contributed by atoms with E-state index in [4.69, 9.17) is 9.84 Å². The number of anilines is 1. The Morgan fingerprint density at radius 1 is 0.722 bits per heavy atom. The van der Waals surface area contributed by atoms with Gasteiger partial charge in [-0.05, 0) is 51.8 Å². The number of esters is 1. The third kappa shape index (κ3) is 14.5. The molecular weight excluding hydrogens is 462 g/mol. The number of aromatic carboxylic acids is 2. The monoisotopic (exact) mass is 505 g/mol. The van der Waals surface area contributed by atoms with Gasteiger partial charge in [-0.3, -0.25) is 9.59 Å². The number of carboxylic acids is 2. The Kier molecular flexibility index (Phi) is 14.5. The van der Waals surface area contributed by atoms with Crippen LogP contribution in [0.2, 0.25) is 0 Å². The maximum absolute atomic E-state index is 12.2. The second-order valence-corrected chi connectivity index (χ2v) is 10.2. The lowest BCUT2D eigenvalue weighted by molar-refractivity contribution is -0.154. The van der Waals surface area contributed by atoms with Crippen LogP contribution < -0.4 is 5.32 Å². The number of carbonyl (C=O) groups is 4. The number of hydrogen-bond acceptors (Lipinski definition) is 5. The molecule has 0 aliphatic rings. The van der Waals surface area contributed by atoms with E-state index in [9.17, 15) is 24.3 Å². The van der Waals surface area contributed by atoms with Crippen molar-refractivity contribution in [3.05, 3.63) is 29.3 Å². The first-order valence-electron chi connectivity index (χ1n) is 13.1. The fourth-order valence-electron chi connectivity index (χ4n) is 3.89. The van der Waals surface area contributed by atoms with Gasteiger partial charge in [0.05, 0.1) is 16.8 Å². The smallest absolute Gasteiger partial charge is 0.337 e. The predicted octanol–water partition coefficient (Wildman–Crippen LogP) is 6.82. The number of hydrogen-bond donors (Lipinski definition) is 3. The van der Waals surface area contributed by atoms with Crippen molar-refractivity contribution in [2.24, 2.45) is 0 Å². The summed E-state index contributed by atoms with van der Waals surface area (Å²) in [6, 6.07) is 3.64. The van der Waals surface area contributed by atoms with Crippen LogP contribution in [0.25, 0.3) is 0 Å². The van der Waals surface area contributed by atoms with Gasteiger partial charge in [0.1, 0.15) is 5.60 Å². The maximum Gasteiger partial charge on any atom is 0.337 e. The van der Waals surface area contributed by atoms with E-state index in [0.29, 0.717) is 12.8 Å². The SMILES string of the molecule is CC(C)(C)OC(=O)CCCCCCCCCCCCCCC(=O)Nc1ccc(C(=O)O)cc1C(=O)O. The molecule has 0 spiro atoms. The number of benzene rings is 1. The Morgan fingerprint density at radius 3 is 1.64 bits per heavy atom. The molecule has 0 unspecified atom stereocenters. The lowest BCUT2D eigenvalue weighted by Gasteiger charge is -2.19. The van der Waals surface area contributed by atoms with Gasteiger partial charge in [-0.25, -0.2) is 9.59 Å². The number of ether oxygens (including phenoxy) is 1. The molecule has 0 heterocycles. The topological polar surface area (TPSA) is 130 Å². The van der Waals surface area contributed by atoms with Crippen molar-refractivity contribution < 1.29 is 34.1 Å². The molecule has 8 heteroatoms. The van der Waals surface area contributed by atoms with Gasteiger partial charge in [0, 0.05) is 12.8 Å². The third-order valence-corrected chi connectivity index (χ3v) is 5.73. The van der Waals surface area contributed by atoms with Crippen molar-refractivity contribution >= 4 is 29.5 Å². The largest absolute Gasteiger partial charge is 0.478 e. The van der Waals surface area contributed by atoms with Crippen LogP contribution in [0.4, 0.5) is 5.69 Å². The number of rotatable bonds is 18. The summed E-state index contributed by atoms with van der Waals surface area (Å²) in [4.78, 5) is 46.2. The summed E-state index contributed by atoms with van der Waals surface area (Å²) in [7, 11) is 0. The molecule has 0 aromatic heterocycles. The highest BCUT2D eigenvalue weighted by atomic mass is 16.6. The van der Waals surface area contributed by atoms with Crippen molar-refractivity contribution in [1.29, 1.82) is 0 Å². The molecule has 1 aromatic carbocycles. The van der Waals surface area contributed by atoms with E-state index in [1.54, 1.807) is 0 Å². The van der Waals surface area contributed by atoms with Crippen LogP contribution in [0.5, 0.6) is 0 Å². The molecule has 1 rings (SSSR count). The first kappa shape index (κ1) is 31.1. The molecule has 1 aromatic rings. The zero-order valence-corrected chi connectivity index (χ0v) is 22.1. The van der Waals surface area contributed by atoms with Gasteiger partial charge in [-0.2, -0.15) is 0 Å². The van der Waals surface area contributed by atoms with E-state index in [1.165, 1.54) is 44.2 Å². The number of carboxylic acid groups (broad SMARTS) is 2. The summed E-state index contributed by atoms with van der Waals surface area (Å²) < 4.78 is 5.31. The molecule has 202 valence electrons. The van der Waals surface area contributed by atoms with Crippen LogP contribution in [0.1, 0.15) is 131 Å². The third-order valence-electron chi connectivity index (χ3n) is 5.73. The van der Waals surface area contributed by atoms with E-state index in [1.807, 2.05) is 20.8 Å². The Balaban J connectivity index is 2.02. The lowest BCUT2D eigenvalue weighted by atomic mass is 10.0. The minimum Gasteiger partial charge on any atom is -0.478 e. The van der Waals surface area contributed by atoms with Gasteiger partial charge >= 0.3 is 17.9 Å². The maximum atomic E-state index is 12.2. The van der Waals surface area contributed by atoms with Crippen LogP contribution in [0, 0.1) is 0 Å². The normalized spacial score (nSPS) is 11.2. The molecule has 0 saturated carbocycles. The van der Waals surface area contributed by atoms with E-state index >= 15 is 0 Å². The second-order valence-electron chi connectivity index (χ2n) is 10.2. The average molecular weight is 506 g/mol. The fourth-order valence-corrected chi connectivity index (χ4v) is 3.89. The summed E-state index contributed by atoms with van der Waals surface area (Å²) in [5.41, 5.74) is -0.663. The molecule has 0 atom stereocenters. The van der Waals surface area contributed by atoms with E-state index in [2.05, 4.69) is 5.32 Å². The van der Waals surface area contributed by atoms with Gasteiger partial charge < -0.3 is 20.3 Å². The number of amides is 1. The minimum absolute atomic E-state index is 0.109. The summed E-state index contributed by atoms with van der Waals surface area (Å²) in [6.07, 6.45) is 13.8. The van der Waals surface area contributed by atoms with Gasteiger partial charge in [0.15, 0.2) is 0 Å². The molecule has 1 amide bonds. The van der Waals surface area contributed by atoms with E-state index in [-0.39, 0.29) is 28.7 Å². The molecule has 0 aliphatic carbocycles. The summed E-state index contributed by atoms with van der Waals surface area (Å²) >= 11 is 0. The predicted molar refractivity (Wildman–Crippen MR) is 139 cm³/mol. The standard InChI is InChI=1S/C28H43NO7/c1-28(2,3)36-25(31)17-15-13-11-9-7-5-4-6-8-10-12-14-16-24(30)29-23-19-18-21(26(32)33)20-22(23)27(34)35/h18-20H,4-17H2,1-3H3,(H,29,30)(H,32,33)(H,34,35). The van der Waals surface area contributed by atoms with Crippen molar-refractivity contribution in [3.63, 3.8) is 0 Å². The summed E-state index contributed by atoms with van der Waals surface area (Å²) in [6.45, 7) is 5.66. The first-order valence-corrected chi connectivity index (χ1v) is 13.1. The van der Waals surface area contributed by atoms with E-state index < -0.39 is 17.5 Å². The zero-order valence-electron chi connectivity index (χ0n) is 22.1. The van der Waals surface area contributed by atoms with Gasteiger partial charge in [-0.15, -0.1) is 0 Å². The van der Waals surface area contributed by atoms with Crippen LogP contribution >= 0.6 is 0 Å². The highest BCUT2D eigenvalue weighted by molar-refractivity contribution is 6.02. The van der Waals surface area contributed by atoms with Crippen molar-refractivity contribution in [2.45, 2.75) is 116 Å². The molecule has 36 heavy (non-hydrogen) atoms. The molecule has 0 saturated heterocycles. The Hall–Kier alpha value is -2.90. The van der Waals surface area contributed by atoms with Crippen molar-refractivity contribution in [2.75, 3.05) is 5.32 Å². The van der Waals surface area contributed by atoms with Crippen LogP contribution in [0.15, 0.2) is 18.2 Å². The average Bonchev–Trinajstić information content (AvgIpc) is 2.78. The van der Waals surface area contributed by atoms with E-state index in [0.717, 1.165) is 51.0 Å². The fraction of sp³-hybridized carbons (Fsp3) is 0.643. The Bertz CT molecular complexity index is 858. The lowest BCUT2D eigenvalue weighted by Crippen LogP contribution is -2.23. The molecule has 3 N–H and O–H groups in total. The van der Waals surface area contributed by atoms with Gasteiger partial charge in [0.25, 0.3) is 0 Å². The molecule has 0 fully saturated rings. The van der Waals surface area contributed by atoms with Gasteiger partial charge in [-0.1, -0.05) is 64.2 Å². The highest BCUT2D eigenvalue weighted by Gasteiger charge is 2.16. The van der Waals surface area contributed by atoms with Crippen LogP contribution in [0.3, 0.4) is 0 Å². The van der Waals surface area contributed by atoms with Crippen molar-refractivity contribution in [1.82, 2.24) is 0 Å². The first-order chi connectivity index (χ1) is 17.0. The summed E-state index contributed by atoms with van der Waals surface area (Å²) in [5, 5.41) is 20.9. The molecular formula is C28H43NO7. The van der Waals surface area contributed by atoms with Crippen molar-refractivity contribution in [3.8, 4) is 0 Å². The number of carbonyl (C=O) groups excluding carboxylic acids is 2. The van der Waals surface area contributed by atoms with Crippen LogP contribution in [-0.4, -0.2) is 39.6 Å². The van der Waals surface area contributed by atoms with Crippen LogP contribution in [-0.2, 0) is 14.3 Å². The minimum atomic E-state index is -1.29. The quantitative estimate of drug-likeness (QED) is 0.147.